The minimum atomic E-state index is -0.376. The number of nitrogens with zero attached hydrogens (tertiary/aromatic N) is 2. The minimum absolute atomic E-state index is 0.245. The number of likely N-dealkylation sites (tertiary alicyclic amines) is 1. The maximum absolute atomic E-state index is 12.8. The summed E-state index contributed by atoms with van der Waals surface area (Å²) in [6.45, 7) is 5.65. The summed E-state index contributed by atoms with van der Waals surface area (Å²) < 4.78 is 5.39. The third-order valence-electron chi connectivity index (χ3n) is 4.82. The maximum Gasteiger partial charge on any atom is 0.230 e. The molecular formula is C14H27N3O2. The van der Waals surface area contributed by atoms with Crippen molar-refractivity contribution in [2.45, 2.75) is 25.8 Å². The SMILES string of the molecule is CC1CN(C(=O)C2(CN)CCOCC2)CC1N(C)C. The van der Waals surface area contributed by atoms with Crippen LogP contribution in [0.1, 0.15) is 19.8 Å². The van der Waals surface area contributed by atoms with Crippen LogP contribution in [0.5, 0.6) is 0 Å². The number of carbonyl (C=O) groups excluding carboxylic acids is 1. The summed E-state index contributed by atoms with van der Waals surface area (Å²) in [5, 5.41) is 0. The van der Waals surface area contributed by atoms with Crippen LogP contribution in [0.15, 0.2) is 0 Å². The lowest BCUT2D eigenvalue weighted by Gasteiger charge is -2.37. The highest BCUT2D eigenvalue weighted by atomic mass is 16.5. The third kappa shape index (κ3) is 2.78. The molecule has 2 atom stereocenters. The predicted octanol–water partition coefficient (Wildman–Crippen LogP) is 0.150. The first kappa shape index (κ1) is 14.8. The molecule has 5 nitrogen and oxygen atoms in total. The van der Waals surface area contributed by atoms with Crippen molar-refractivity contribution < 1.29 is 9.53 Å². The Bertz CT molecular complexity index is 327. The molecule has 0 bridgehead atoms. The summed E-state index contributed by atoms with van der Waals surface area (Å²) in [6, 6.07) is 0.457. The van der Waals surface area contributed by atoms with E-state index in [1.165, 1.54) is 0 Å². The number of amides is 1. The van der Waals surface area contributed by atoms with Crippen molar-refractivity contribution in [3.8, 4) is 0 Å². The van der Waals surface area contributed by atoms with Gasteiger partial charge in [-0.2, -0.15) is 0 Å². The van der Waals surface area contributed by atoms with Crippen molar-refractivity contribution >= 4 is 5.91 Å². The van der Waals surface area contributed by atoms with Gasteiger partial charge in [0.25, 0.3) is 0 Å². The highest BCUT2D eigenvalue weighted by molar-refractivity contribution is 5.83. The molecule has 2 aliphatic rings. The average Bonchev–Trinajstić information content (AvgIpc) is 2.81. The fourth-order valence-corrected chi connectivity index (χ4v) is 3.39. The highest BCUT2D eigenvalue weighted by Crippen LogP contribution is 2.34. The average molecular weight is 269 g/mol. The van der Waals surface area contributed by atoms with Crippen molar-refractivity contribution in [2.24, 2.45) is 17.1 Å². The molecule has 110 valence electrons. The smallest absolute Gasteiger partial charge is 0.230 e. The summed E-state index contributed by atoms with van der Waals surface area (Å²) in [5.41, 5.74) is 5.55. The van der Waals surface area contributed by atoms with Crippen LogP contribution in [0.4, 0.5) is 0 Å². The van der Waals surface area contributed by atoms with Gasteiger partial charge in [0, 0.05) is 38.9 Å². The lowest BCUT2D eigenvalue weighted by molar-refractivity contribution is -0.146. The number of likely N-dealkylation sites (N-methyl/N-ethyl adjacent to an activating group) is 1. The number of hydrogen-bond donors (Lipinski definition) is 1. The van der Waals surface area contributed by atoms with Gasteiger partial charge < -0.3 is 20.3 Å². The van der Waals surface area contributed by atoms with E-state index in [0.29, 0.717) is 31.7 Å². The van der Waals surface area contributed by atoms with Gasteiger partial charge in [-0.05, 0) is 32.9 Å². The molecule has 2 heterocycles. The second-order valence-electron chi connectivity index (χ2n) is 6.32. The highest BCUT2D eigenvalue weighted by Gasteiger charge is 2.44. The summed E-state index contributed by atoms with van der Waals surface area (Å²) in [5.74, 6) is 0.767. The van der Waals surface area contributed by atoms with E-state index in [1.807, 2.05) is 4.90 Å². The van der Waals surface area contributed by atoms with E-state index >= 15 is 0 Å². The van der Waals surface area contributed by atoms with Crippen LogP contribution in [0.2, 0.25) is 0 Å². The molecule has 0 saturated carbocycles. The molecule has 0 aliphatic carbocycles. The molecule has 0 aromatic heterocycles. The van der Waals surface area contributed by atoms with Crippen LogP contribution in [0.3, 0.4) is 0 Å². The van der Waals surface area contributed by atoms with E-state index in [0.717, 1.165) is 25.9 Å². The molecule has 0 radical (unpaired) electrons. The van der Waals surface area contributed by atoms with Gasteiger partial charge in [0.2, 0.25) is 5.91 Å². The van der Waals surface area contributed by atoms with Gasteiger partial charge in [0.1, 0.15) is 0 Å². The van der Waals surface area contributed by atoms with Crippen LogP contribution in [-0.4, -0.2) is 68.7 Å². The van der Waals surface area contributed by atoms with Crippen LogP contribution < -0.4 is 5.73 Å². The summed E-state index contributed by atoms with van der Waals surface area (Å²) in [6.07, 6.45) is 1.53. The second-order valence-corrected chi connectivity index (χ2v) is 6.32. The maximum atomic E-state index is 12.8. The molecule has 2 unspecified atom stereocenters. The van der Waals surface area contributed by atoms with E-state index in [4.69, 9.17) is 10.5 Å². The Balaban J connectivity index is 2.07. The Hall–Kier alpha value is -0.650. The third-order valence-corrected chi connectivity index (χ3v) is 4.82. The first-order valence-electron chi connectivity index (χ1n) is 7.24. The van der Waals surface area contributed by atoms with Crippen LogP contribution in [0, 0.1) is 11.3 Å². The van der Waals surface area contributed by atoms with Gasteiger partial charge in [-0.25, -0.2) is 0 Å². The quantitative estimate of drug-likeness (QED) is 0.792. The van der Waals surface area contributed by atoms with Crippen molar-refractivity contribution in [1.82, 2.24) is 9.80 Å². The van der Waals surface area contributed by atoms with Gasteiger partial charge in [0.05, 0.1) is 5.41 Å². The predicted molar refractivity (Wildman–Crippen MR) is 74.8 cm³/mol. The molecule has 5 heteroatoms. The molecule has 0 aromatic carbocycles. The van der Waals surface area contributed by atoms with Gasteiger partial charge in [-0.15, -0.1) is 0 Å². The number of hydrogen-bond acceptors (Lipinski definition) is 4. The monoisotopic (exact) mass is 269 g/mol. The van der Waals surface area contributed by atoms with Gasteiger partial charge in [-0.1, -0.05) is 6.92 Å². The van der Waals surface area contributed by atoms with E-state index < -0.39 is 0 Å². The van der Waals surface area contributed by atoms with Crippen molar-refractivity contribution in [2.75, 3.05) is 46.9 Å². The van der Waals surface area contributed by atoms with Crippen molar-refractivity contribution in [1.29, 1.82) is 0 Å². The molecule has 0 spiro atoms. The fraction of sp³-hybridized carbons (Fsp3) is 0.929. The number of nitrogens with two attached hydrogens (primary N) is 1. The Kier molecular flexibility index (Phi) is 4.48. The van der Waals surface area contributed by atoms with Crippen LogP contribution in [-0.2, 0) is 9.53 Å². The summed E-state index contributed by atoms with van der Waals surface area (Å²) in [4.78, 5) is 17.1. The zero-order valence-electron chi connectivity index (χ0n) is 12.4. The lowest BCUT2D eigenvalue weighted by Crippen LogP contribution is -2.50. The molecule has 19 heavy (non-hydrogen) atoms. The molecule has 2 fully saturated rings. The van der Waals surface area contributed by atoms with Crippen LogP contribution >= 0.6 is 0 Å². The van der Waals surface area contributed by atoms with E-state index in [2.05, 4.69) is 25.9 Å². The number of ether oxygens (including phenoxy) is 1. The van der Waals surface area contributed by atoms with E-state index in [1.54, 1.807) is 0 Å². The fourth-order valence-electron chi connectivity index (χ4n) is 3.39. The van der Waals surface area contributed by atoms with E-state index in [-0.39, 0.29) is 11.3 Å². The molecule has 1 amide bonds. The number of rotatable bonds is 3. The standard InChI is InChI=1S/C14H27N3O2/c1-11-8-17(9-12(11)16(2)3)13(18)14(10-15)4-6-19-7-5-14/h11-12H,4-10,15H2,1-3H3. The van der Waals surface area contributed by atoms with Gasteiger partial charge in [-0.3, -0.25) is 4.79 Å². The minimum Gasteiger partial charge on any atom is -0.381 e. The Morgan fingerprint density at radius 2 is 2.00 bits per heavy atom. The zero-order valence-corrected chi connectivity index (χ0v) is 12.4. The largest absolute Gasteiger partial charge is 0.381 e. The normalized spacial score (nSPS) is 30.9. The topological polar surface area (TPSA) is 58.8 Å². The molecule has 2 saturated heterocycles. The Morgan fingerprint density at radius 3 is 2.47 bits per heavy atom. The summed E-state index contributed by atoms with van der Waals surface area (Å²) >= 11 is 0. The van der Waals surface area contributed by atoms with E-state index in [9.17, 15) is 4.79 Å². The molecule has 0 aromatic rings. The molecule has 2 rings (SSSR count). The molecule has 2 aliphatic heterocycles. The van der Waals surface area contributed by atoms with Gasteiger partial charge in [0.15, 0.2) is 0 Å². The first-order chi connectivity index (χ1) is 9.00. The Morgan fingerprint density at radius 1 is 1.37 bits per heavy atom. The van der Waals surface area contributed by atoms with Crippen molar-refractivity contribution in [3.05, 3.63) is 0 Å². The van der Waals surface area contributed by atoms with Gasteiger partial charge >= 0.3 is 0 Å². The summed E-state index contributed by atoms with van der Waals surface area (Å²) in [7, 11) is 4.17. The number of carbonyl (C=O) groups is 1. The molecule has 2 N–H and O–H groups in total. The second kappa shape index (κ2) is 5.77. The lowest BCUT2D eigenvalue weighted by atomic mass is 9.79. The van der Waals surface area contributed by atoms with Crippen molar-refractivity contribution in [3.63, 3.8) is 0 Å². The first-order valence-corrected chi connectivity index (χ1v) is 7.24. The molecular weight excluding hydrogens is 242 g/mol. The zero-order chi connectivity index (χ0) is 14.0. The van der Waals surface area contributed by atoms with Crippen LogP contribution in [0.25, 0.3) is 0 Å². The Labute approximate surface area is 116 Å².